The number of nitrogens with zero attached hydrogens (tertiary/aromatic N) is 1. The third kappa shape index (κ3) is 4.86. The number of carbonyl (C=O) groups is 2. The zero-order chi connectivity index (χ0) is 20.8. The molecule has 6 nitrogen and oxygen atoms in total. The van der Waals surface area contributed by atoms with E-state index in [4.69, 9.17) is 5.26 Å². The second kappa shape index (κ2) is 9.01. The van der Waals surface area contributed by atoms with Crippen molar-refractivity contribution in [3.8, 4) is 6.07 Å². The van der Waals surface area contributed by atoms with Gasteiger partial charge in [0, 0.05) is 0 Å². The number of para-hydroxylation sites is 1. The van der Waals surface area contributed by atoms with Gasteiger partial charge in [0.05, 0.1) is 24.0 Å². The second-order valence-electron chi connectivity index (χ2n) is 6.16. The molecule has 0 heterocycles. The molecule has 2 aromatic carbocycles. The van der Waals surface area contributed by atoms with Gasteiger partial charge in [-0.2, -0.15) is 5.26 Å². The summed E-state index contributed by atoms with van der Waals surface area (Å²) in [7, 11) is 1.57. The fraction of sp³-hybridized carbons (Fsp3) is 0.211. The molecule has 146 valence electrons. The summed E-state index contributed by atoms with van der Waals surface area (Å²) in [6.45, 7) is 1.35. The molecule has 2 amide bonds. The lowest BCUT2D eigenvalue weighted by molar-refractivity contribution is -0.885. The minimum Gasteiger partial charge on any atom is -0.320 e. The molecule has 0 aliphatic carbocycles. The summed E-state index contributed by atoms with van der Waals surface area (Å²) in [5, 5.41) is 13.8. The number of carbonyl (C=O) groups excluding carboxylic acids is 2. The molecular formula is C19H18F3N4O2+. The van der Waals surface area contributed by atoms with Crippen LogP contribution in [0.2, 0.25) is 0 Å². The van der Waals surface area contributed by atoms with Gasteiger partial charge in [-0.3, -0.25) is 9.59 Å². The van der Waals surface area contributed by atoms with Gasteiger partial charge in [-0.1, -0.05) is 12.1 Å². The molecule has 2 rings (SSSR count). The first-order chi connectivity index (χ1) is 13.2. The number of rotatable bonds is 6. The summed E-state index contributed by atoms with van der Waals surface area (Å²) < 4.78 is 39.8. The molecule has 2 aromatic rings. The first-order valence-electron chi connectivity index (χ1n) is 8.30. The number of anilines is 2. The third-order valence-electron chi connectivity index (χ3n) is 4.19. The molecule has 1 unspecified atom stereocenters. The Bertz CT molecular complexity index is 943. The molecule has 0 saturated heterocycles. The smallest absolute Gasteiger partial charge is 0.282 e. The monoisotopic (exact) mass is 391 g/mol. The number of hydrogen-bond donors (Lipinski definition) is 3. The summed E-state index contributed by atoms with van der Waals surface area (Å²) in [6, 6.07) is 9.36. The molecule has 0 fully saturated rings. The quantitative estimate of drug-likeness (QED) is 0.652. The number of hydrogen-bond acceptors (Lipinski definition) is 3. The molecule has 28 heavy (non-hydrogen) atoms. The Morgan fingerprint density at radius 1 is 1.07 bits per heavy atom. The van der Waals surface area contributed by atoms with Gasteiger partial charge in [-0.15, -0.1) is 0 Å². The number of nitrogens with one attached hydrogen (secondary N) is 3. The van der Waals surface area contributed by atoms with Gasteiger partial charge < -0.3 is 15.5 Å². The normalized spacial score (nSPS) is 12.6. The van der Waals surface area contributed by atoms with Crippen molar-refractivity contribution in [2.45, 2.75) is 13.0 Å². The summed E-state index contributed by atoms with van der Waals surface area (Å²) in [5.41, 5.74) is 0.159. The van der Waals surface area contributed by atoms with E-state index in [1.54, 1.807) is 38.2 Å². The second-order valence-corrected chi connectivity index (χ2v) is 6.16. The SMILES string of the molecule is C[C@H](C(=O)Nc1ccccc1C#N)[NH+](C)CC(=O)Nc1ccc(F)c(F)c1F. The highest BCUT2D eigenvalue weighted by molar-refractivity contribution is 5.95. The van der Waals surface area contributed by atoms with Crippen molar-refractivity contribution in [3.05, 3.63) is 59.4 Å². The zero-order valence-electron chi connectivity index (χ0n) is 15.1. The molecule has 0 saturated carbocycles. The van der Waals surface area contributed by atoms with Gasteiger partial charge in [-0.25, -0.2) is 13.2 Å². The van der Waals surface area contributed by atoms with Gasteiger partial charge >= 0.3 is 0 Å². The molecule has 0 radical (unpaired) electrons. The van der Waals surface area contributed by atoms with Crippen LogP contribution in [0.15, 0.2) is 36.4 Å². The Balaban J connectivity index is 1.98. The third-order valence-corrected chi connectivity index (χ3v) is 4.19. The average Bonchev–Trinajstić information content (AvgIpc) is 2.68. The number of likely N-dealkylation sites (N-methyl/N-ethyl adjacent to an activating group) is 1. The summed E-state index contributed by atoms with van der Waals surface area (Å²) in [6.07, 6.45) is 0. The average molecular weight is 391 g/mol. The summed E-state index contributed by atoms with van der Waals surface area (Å²) >= 11 is 0. The van der Waals surface area contributed by atoms with Gasteiger partial charge in [0.1, 0.15) is 6.07 Å². The van der Waals surface area contributed by atoms with Crippen LogP contribution in [0.25, 0.3) is 0 Å². The van der Waals surface area contributed by atoms with Crippen LogP contribution in [-0.4, -0.2) is 31.4 Å². The zero-order valence-corrected chi connectivity index (χ0v) is 15.1. The van der Waals surface area contributed by atoms with E-state index in [1.165, 1.54) is 0 Å². The molecule has 0 aromatic heterocycles. The number of nitriles is 1. The number of quaternary nitrogens is 1. The van der Waals surface area contributed by atoms with E-state index in [2.05, 4.69) is 10.6 Å². The van der Waals surface area contributed by atoms with Gasteiger partial charge in [0.2, 0.25) is 0 Å². The van der Waals surface area contributed by atoms with E-state index < -0.39 is 41.0 Å². The fourth-order valence-electron chi connectivity index (χ4n) is 2.38. The molecule has 2 atom stereocenters. The van der Waals surface area contributed by atoms with Crippen LogP contribution in [0.4, 0.5) is 24.5 Å². The lowest BCUT2D eigenvalue weighted by atomic mass is 10.2. The Morgan fingerprint density at radius 2 is 1.75 bits per heavy atom. The predicted molar refractivity (Wildman–Crippen MR) is 95.9 cm³/mol. The van der Waals surface area contributed by atoms with Crippen molar-refractivity contribution in [1.82, 2.24) is 0 Å². The Morgan fingerprint density at radius 3 is 2.43 bits per heavy atom. The first kappa shape index (κ1) is 20.9. The van der Waals surface area contributed by atoms with Crippen LogP contribution < -0.4 is 15.5 Å². The molecule has 9 heteroatoms. The maximum atomic E-state index is 13.6. The van der Waals surface area contributed by atoms with Crippen molar-refractivity contribution in [1.29, 1.82) is 5.26 Å². The highest BCUT2D eigenvalue weighted by Gasteiger charge is 2.25. The minimum absolute atomic E-state index is 0.229. The van der Waals surface area contributed by atoms with E-state index in [0.29, 0.717) is 22.2 Å². The first-order valence-corrected chi connectivity index (χ1v) is 8.30. The van der Waals surface area contributed by atoms with Crippen LogP contribution >= 0.6 is 0 Å². The molecular weight excluding hydrogens is 373 g/mol. The Labute approximate surface area is 159 Å². The van der Waals surface area contributed by atoms with Crippen LogP contribution in [0.1, 0.15) is 12.5 Å². The largest absolute Gasteiger partial charge is 0.320 e. The summed E-state index contributed by atoms with van der Waals surface area (Å²) in [5.74, 6) is -5.64. The van der Waals surface area contributed by atoms with Gasteiger partial charge in [0.25, 0.3) is 11.8 Å². The fourth-order valence-corrected chi connectivity index (χ4v) is 2.38. The van der Waals surface area contributed by atoms with Gasteiger partial charge in [0.15, 0.2) is 30.0 Å². The van der Waals surface area contributed by atoms with E-state index in [9.17, 15) is 22.8 Å². The van der Waals surface area contributed by atoms with Crippen LogP contribution in [-0.2, 0) is 9.59 Å². The van der Waals surface area contributed by atoms with Gasteiger partial charge in [-0.05, 0) is 31.2 Å². The molecule has 0 spiro atoms. The highest BCUT2D eigenvalue weighted by atomic mass is 19.2. The van der Waals surface area contributed by atoms with Crippen molar-refractivity contribution >= 4 is 23.2 Å². The molecule has 0 bridgehead atoms. The molecule has 0 aliphatic rings. The number of halogens is 3. The number of amides is 2. The Kier molecular flexibility index (Phi) is 6.74. The predicted octanol–water partition coefficient (Wildman–Crippen LogP) is 1.46. The van der Waals surface area contributed by atoms with E-state index >= 15 is 0 Å². The standard InChI is InChI=1S/C19H17F3N4O2/c1-11(19(28)25-14-6-4-3-5-12(14)9-23)26(2)10-16(27)24-15-8-7-13(20)17(21)18(15)22/h3-8,11H,10H2,1-2H3,(H,24,27)(H,25,28)/p+1/t11-/m1/s1. The maximum Gasteiger partial charge on any atom is 0.282 e. The number of benzene rings is 2. The van der Waals surface area contributed by atoms with Crippen LogP contribution in [0.5, 0.6) is 0 Å². The van der Waals surface area contributed by atoms with E-state index in [1.807, 2.05) is 6.07 Å². The van der Waals surface area contributed by atoms with E-state index in [-0.39, 0.29) is 6.54 Å². The van der Waals surface area contributed by atoms with Crippen molar-refractivity contribution in [2.24, 2.45) is 0 Å². The van der Waals surface area contributed by atoms with Crippen LogP contribution in [0, 0.1) is 28.8 Å². The maximum absolute atomic E-state index is 13.6. The van der Waals surface area contributed by atoms with Crippen molar-refractivity contribution in [3.63, 3.8) is 0 Å². The van der Waals surface area contributed by atoms with E-state index in [0.717, 1.165) is 6.07 Å². The Hall–Kier alpha value is -3.38. The lowest BCUT2D eigenvalue weighted by Crippen LogP contribution is -3.14. The highest BCUT2D eigenvalue weighted by Crippen LogP contribution is 2.19. The topological polar surface area (TPSA) is 86.4 Å². The van der Waals surface area contributed by atoms with Crippen LogP contribution in [0.3, 0.4) is 0 Å². The van der Waals surface area contributed by atoms with Crippen molar-refractivity contribution in [2.75, 3.05) is 24.2 Å². The molecule has 0 aliphatic heterocycles. The molecule has 3 N–H and O–H groups in total. The van der Waals surface area contributed by atoms with Crippen molar-refractivity contribution < 1.29 is 27.7 Å². The lowest BCUT2D eigenvalue weighted by Gasteiger charge is -2.21. The summed E-state index contributed by atoms with van der Waals surface area (Å²) in [4.78, 5) is 24.9. The minimum atomic E-state index is -1.68.